The Kier molecular flexibility index (Phi) is 4.39. The van der Waals surface area contributed by atoms with Gasteiger partial charge in [0.25, 0.3) is 11.8 Å². The molecule has 0 radical (unpaired) electrons. The van der Waals surface area contributed by atoms with Gasteiger partial charge in [0.05, 0.1) is 21.9 Å². The van der Waals surface area contributed by atoms with E-state index in [0.29, 0.717) is 21.3 Å². The van der Waals surface area contributed by atoms with Crippen molar-refractivity contribution in [3.05, 3.63) is 62.7 Å². The van der Waals surface area contributed by atoms with Gasteiger partial charge in [0, 0.05) is 17.1 Å². The summed E-state index contributed by atoms with van der Waals surface area (Å²) in [4.78, 5) is 31.6. The molecule has 2 aliphatic rings. The Hall–Kier alpha value is -2.45. The molecular weight excluding hydrogens is 433 g/mol. The Morgan fingerprint density at radius 1 is 1.19 bits per heavy atom. The Labute approximate surface area is 167 Å². The van der Waals surface area contributed by atoms with Crippen molar-refractivity contribution in [1.29, 1.82) is 0 Å². The van der Waals surface area contributed by atoms with E-state index in [-0.39, 0.29) is 17.6 Å². The zero-order valence-corrected chi connectivity index (χ0v) is 16.7. The first-order valence-corrected chi connectivity index (χ1v) is 9.62. The van der Waals surface area contributed by atoms with Gasteiger partial charge in [-0.05, 0) is 60.6 Å². The van der Waals surface area contributed by atoms with Gasteiger partial charge in [-0.1, -0.05) is 15.9 Å². The number of thioether (sulfide) groups is 1. The van der Waals surface area contributed by atoms with Crippen molar-refractivity contribution < 1.29 is 14.0 Å². The molecule has 0 spiro atoms. The van der Waals surface area contributed by atoms with E-state index in [1.807, 2.05) is 19.1 Å². The highest BCUT2D eigenvalue weighted by molar-refractivity contribution is 9.10. The number of hydrogen-bond acceptors (Lipinski definition) is 4. The number of anilines is 1. The number of aliphatic imine (C=N–C) groups is 1. The molecule has 2 aromatic rings. The lowest BCUT2D eigenvalue weighted by molar-refractivity contribution is -0.116. The van der Waals surface area contributed by atoms with Crippen molar-refractivity contribution in [2.75, 3.05) is 11.9 Å². The van der Waals surface area contributed by atoms with Gasteiger partial charge in [-0.3, -0.25) is 9.59 Å². The van der Waals surface area contributed by atoms with Crippen LogP contribution >= 0.6 is 27.7 Å². The van der Waals surface area contributed by atoms with E-state index in [1.54, 1.807) is 11.9 Å². The smallest absolute Gasteiger partial charge is 0.264 e. The van der Waals surface area contributed by atoms with E-state index in [1.165, 1.54) is 24.3 Å². The van der Waals surface area contributed by atoms with Crippen LogP contribution in [0.25, 0.3) is 5.57 Å². The molecule has 2 amide bonds. The van der Waals surface area contributed by atoms with Crippen LogP contribution in [0.3, 0.4) is 0 Å². The molecule has 0 bridgehead atoms. The number of hydrogen-bond donors (Lipinski definition) is 1. The molecule has 4 rings (SSSR count). The number of halogens is 2. The van der Waals surface area contributed by atoms with Gasteiger partial charge in [-0.25, -0.2) is 9.38 Å². The van der Waals surface area contributed by atoms with Gasteiger partial charge in [0.2, 0.25) is 0 Å². The molecule has 1 fully saturated rings. The second-order valence-electron chi connectivity index (χ2n) is 6.14. The first kappa shape index (κ1) is 17.9. The minimum Gasteiger partial charge on any atom is -0.310 e. The van der Waals surface area contributed by atoms with Crippen LogP contribution in [0.1, 0.15) is 11.1 Å². The predicted octanol–water partition coefficient (Wildman–Crippen LogP) is 4.13. The molecule has 0 unspecified atom stereocenters. The summed E-state index contributed by atoms with van der Waals surface area (Å²) in [6.45, 7) is 1.92. The monoisotopic (exact) mass is 445 g/mol. The Morgan fingerprint density at radius 2 is 1.89 bits per heavy atom. The molecule has 2 aromatic carbocycles. The van der Waals surface area contributed by atoms with Crippen molar-refractivity contribution in [3.63, 3.8) is 0 Å². The van der Waals surface area contributed by atoms with Gasteiger partial charge in [-0.15, -0.1) is 0 Å². The quantitative estimate of drug-likeness (QED) is 0.671. The highest BCUT2D eigenvalue weighted by Crippen LogP contribution is 2.44. The highest BCUT2D eigenvalue weighted by Gasteiger charge is 2.38. The molecule has 2 heterocycles. The van der Waals surface area contributed by atoms with E-state index in [0.717, 1.165) is 33.0 Å². The molecule has 1 N–H and O–H groups in total. The lowest BCUT2D eigenvalue weighted by atomic mass is 10.0. The van der Waals surface area contributed by atoms with Crippen LogP contribution in [0, 0.1) is 12.7 Å². The lowest BCUT2D eigenvalue weighted by Crippen LogP contribution is -2.23. The summed E-state index contributed by atoms with van der Waals surface area (Å²) in [6.07, 6.45) is 0. The maximum absolute atomic E-state index is 13.0. The first-order valence-electron chi connectivity index (χ1n) is 8.01. The third-order valence-corrected chi connectivity index (χ3v) is 5.74. The van der Waals surface area contributed by atoms with Crippen molar-refractivity contribution >= 4 is 61.6 Å². The zero-order valence-electron chi connectivity index (χ0n) is 14.3. The summed E-state index contributed by atoms with van der Waals surface area (Å²) in [5.41, 5.74) is 3.33. The number of carbonyl (C=O) groups excluding carboxylic acids is 2. The zero-order chi connectivity index (χ0) is 19.3. The fourth-order valence-electron chi connectivity index (χ4n) is 3.15. The number of amides is 2. The number of fused-ring (bicyclic) bond motifs is 1. The maximum atomic E-state index is 13.0. The molecule has 2 aliphatic heterocycles. The lowest BCUT2D eigenvalue weighted by Gasteiger charge is -2.12. The van der Waals surface area contributed by atoms with Crippen LogP contribution in [0.2, 0.25) is 0 Å². The number of nitrogens with one attached hydrogen (secondary N) is 1. The predicted molar refractivity (Wildman–Crippen MR) is 108 cm³/mol. The average Bonchev–Trinajstić information content (AvgIpc) is 3.07. The van der Waals surface area contributed by atoms with E-state index < -0.39 is 0 Å². The van der Waals surface area contributed by atoms with Crippen LogP contribution in [-0.4, -0.2) is 24.0 Å². The van der Waals surface area contributed by atoms with Crippen molar-refractivity contribution in [3.8, 4) is 0 Å². The maximum Gasteiger partial charge on any atom is 0.264 e. The van der Waals surface area contributed by atoms with E-state index in [2.05, 4.69) is 26.2 Å². The second kappa shape index (κ2) is 6.61. The fraction of sp³-hybridized carbons (Fsp3) is 0.105. The van der Waals surface area contributed by atoms with E-state index >= 15 is 0 Å². The van der Waals surface area contributed by atoms with E-state index in [9.17, 15) is 14.0 Å². The number of likely N-dealkylation sites (N-methyl/N-ethyl adjacent to an activating group) is 1. The summed E-state index contributed by atoms with van der Waals surface area (Å²) >= 11 is 4.56. The summed E-state index contributed by atoms with van der Waals surface area (Å²) in [6, 6.07) is 9.40. The fourth-order valence-corrected chi connectivity index (χ4v) is 4.65. The van der Waals surface area contributed by atoms with E-state index in [4.69, 9.17) is 0 Å². The number of nitrogens with zero attached hydrogens (tertiary/aromatic N) is 2. The molecule has 0 aromatic heterocycles. The van der Waals surface area contributed by atoms with Crippen molar-refractivity contribution in [2.45, 2.75) is 6.92 Å². The van der Waals surface area contributed by atoms with Crippen LogP contribution in [0.4, 0.5) is 15.8 Å². The molecule has 5 nitrogen and oxygen atoms in total. The molecule has 0 aliphatic carbocycles. The standard InChI is InChI=1S/C19H13BrFN3O2S/c1-9-7-10(20)8-13-14(18(26)24(2)15(9)13)16-17(25)23-19(27-16)22-12-5-3-11(21)4-6-12/h3-8H,1-2H3,(H,22,23,25)/b16-14+. The molecular formula is C19H13BrFN3O2S. The molecule has 1 saturated heterocycles. The van der Waals surface area contributed by atoms with Crippen molar-refractivity contribution in [2.24, 2.45) is 4.99 Å². The Balaban J connectivity index is 1.79. The minimum absolute atomic E-state index is 0.230. The average molecular weight is 446 g/mol. The highest BCUT2D eigenvalue weighted by atomic mass is 79.9. The molecule has 136 valence electrons. The van der Waals surface area contributed by atoms with Crippen LogP contribution in [0.5, 0.6) is 0 Å². The van der Waals surface area contributed by atoms with Gasteiger partial charge in [0.15, 0.2) is 5.17 Å². The van der Waals surface area contributed by atoms with Crippen molar-refractivity contribution in [1.82, 2.24) is 5.32 Å². The number of carbonyl (C=O) groups is 2. The van der Waals surface area contributed by atoms with Gasteiger partial charge >= 0.3 is 0 Å². The minimum atomic E-state index is -0.372. The molecule has 0 saturated carbocycles. The van der Waals surface area contributed by atoms with Crippen LogP contribution in [-0.2, 0) is 9.59 Å². The van der Waals surface area contributed by atoms with Crippen LogP contribution in [0.15, 0.2) is 50.8 Å². The van der Waals surface area contributed by atoms with Crippen LogP contribution < -0.4 is 10.2 Å². The molecule has 8 heteroatoms. The van der Waals surface area contributed by atoms with Gasteiger partial charge in [-0.2, -0.15) is 0 Å². The normalized spacial score (nSPS) is 20.4. The number of amidine groups is 1. The third-order valence-electron chi connectivity index (χ3n) is 4.30. The molecule has 27 heavy (non-hydrogen) atoms. The largest absolute Gasteiger partial charge is 0.310 e. The Bertz CT molecular complexity index is 1060. The van der Waals surface area contributed by atoms with Gasteiger partial charge in [0.1, 0.15) is 5.82 Å². The summed E-state index contributed by atoms with van der Waals surface area (Å²) in [5.74, 6) is -0.961. The topological polar surface area (TPSA) is 61.8 Å². The number of aryl methyl sites for hydroxylation is 1. The second-order valence-corrected chi connectivity index (χ2v) is 8.05. The summed E-state index contributed by atoms with van der Waals surface area (Å²) < 4.78 is 13.9. The number of rotatable bonds is 1. The SMILES string of the molecule is Cc1cc(Br)cc2c1N(C)C(=O)/C2=C1/SC(=Nc2ccc(F)cc2)NC1=O. The third kappa shape index (κ3) is 3.08. The molecule has 0 atom stereocenters. The summed E-state index contributed by atoms with van der Waals surface area (Å²) in [7, 11) is 1.70. The van der Waals surface area contributed by atoms with Gasteiger partial charge < -0.3 is 10.2 Å². The Morgan fingerprint density at radius 3 is 2.59 bits per heavy atom. The number of benzene rings is 2. The summed E-state index contributed by atoms with van der Waals surface area (Å²) in [5, 5.41) is 3.03. The first-order chi connectivity index (χ1) is 12.8.